The minimum absolute atomic E-state index is 0.0806. The standard InChI is InChI=1S/C19H22F3N3O2/c1-18(2,3)27-17(26)25-11-9-24(10-12-25)15-7-6-14(19(20,21)22)13-5-4-8-23-16(13)15/h4-8H,9-12H2,1-3H3. The molecular formula is C19H22F3N3O2. The molecule has 1 amide bonds. The van der Waals surface area contributed by atoms with Crippen molar-refractivity contribution in [3.8, 4) is 0 Å². The molecule has 1 fully saturated rings. The average molecular weight is 381 g/mol. The highest BCUT2D eigenvalue weighted by atomic mass is 19.4. The minimum Gasteiger partial charge on any atom is -0.444 e. The van der Waals surface area contributed by atoms with Crippen molar-refractivity contribution in [1.82, 2.24) is 9.88 Å². The number of amides is 1. The zero-order valence-corrected chi connectivity index (χ0v) is 15.5. The van der Waals surface area contributed by atoms with Crippen LogP contribution in [0.5, 0.6) is 0 Å². The van der Waals surface area contributed by atoms with E-state index in [0.717, 1.165) is 6.07 Å². The molecule has 5 nitrogen and oxygen atoms in total. The van der Waals surface area contributed by atoms with Crippen LogP contribution in [-0.2, 0) is 10.9 Å². The minimum atomic E-state index is -4.44. The predicted molar refractivity (Wildman–Crippen MR) is 96.8 cm³/mol. The van der Waals surface area contributed by atoms with Gasteiger partial charge in [0.2, 0.25) is 0 Å². The third-order valence-electron chi connectivity index (χ3n) is 4.33. The van der Waals surface area contributed by atoms with Gasteiger partial charge in [-0.25, -0.2) is 4.79 Å². The number of fused-ring (bicyclic) bond motifs is 1. The van der Waals surface area contributed by atoms with E-state index in [-0.39, 0.29) is 11.5 Å². The van der Waals surface area contributed by atoms with Gasteiger partial charge < -0.3 is 14.5 Å². The second kappa shape index (κ2) is 6.90. The lowest BCUT2D eigenvalue weighted by Gasteiger charge is -2.37. The summed E-state index contributed by atoms with van der Waals surface area (Å²) >= 11 is 0. The Hall–Kier alpha value is -2.51. The van der Waals surface area contributed by atoms with Gasteiger partial charge in [-0.15, -0.1) is 0 Å². The zero-order valence-electron chi connectivity index (χ0n) is 15.5. The van der Waals surface area contributed by atoms with Crippen LogP contribution < -0.4 is 4.90 Å². The van der Waals surface area contributed by atoms with E-state index in [0.29, 0.717) is 37.4 Å². The Morgan fingerprint density at radius 3 is 2.33 bits per heavy atom. The van der Waals surface area contributed by atoms with Gasteiger partial charge in [0.15, 0.2) is 0 Å². The van der Waals surface area contributed by atoms with Gasteiger partial charge in [-0.2, -0.15) is 13.2 Å². The van der Waals surface area contributed by atoms with Crippen molar-refractivity contribution in [3.63, 3.8) is 0 Å². The molecular weight excluding hydrogens is 359 g/mol. The fourth-order valence-electron chi connectivity index (χ4n) is 3.12. The number of nitrogens with zero attached hydrogens (tertiary/aromatic N) is 3. The van der Waals surface area contributed by atoms with Crippen LogP contribution in [0.25, 0.3) is 10.9 Å². The monoisotopic (exact) mass is 381 g/mol. The number of halogens is 3. The molecule has 1 aromatic carbocycles. The zero-order chi connectivity index (χ0) is 19.8. The van der Waals surface area contributed by atoms with Crippen molar-refractivity contribution in [3.05, 3.63) is 36.0 Å². The van der Waals surface area contributed by atoms with E-state index in [9.17, 15) is 18.0 Å². The van der Waals surface area contributed by atoms with E-state index in [1.54, 1.807) is 25.7 Å². The molecule has 1 aliphatic rings. The van der Waals surface area contributed by atoms with Gasteiger partial charge >= 0.3 is 12.3 Å². The number of pyridine rings is 1. The lowest BCUT2D eigenvalue weighted by Crippen LogP contribution is -2.50. The fourth-order valence-corrected chi connectivity index (χ4v) is 3.12. The fraction of sp³-hybridized carbons (Fsp3) is 0.474. The summed E-state index contributed by atoms with van der Waals surface area (Å²) in [5.74, 6) is 0. The van der Waals surface area contributed by atoms with Gasteiger partial charge in [-0.1, -0.05) is 6.07 Å². The summed E-state index contributed by atoms with van der Waals surface area (Å²) < 4.78 is 45.2. The molecule has 0 spiro atoms. The Labute approximate surface area is 155 Å². The molecule has 2 heterocycles. The highest BCUT2D eigenvalue weighted by Gasteiger charge is 2.34. The summed E-state index contributed by atoms with van der Waals surface area (Å²) in [5, 5.41) is 0.0806. The largest absolute Gasteiger partial charge is 0.444 e. The quantitative estimate of drug-likeness (QED) is 0.738. The van der Waals surface area contributed by atoms with Gasteiger partial charge in [0.1, 0.15) is 5.60 Å². The maximum atomic E-state index is 13.3. The third kappa shape index (κ3) is 4.26. The molecule has 0 aliphatic carbocycles. The Balaban J connectivity index is 1.81. The molecule has 27 heavy (non-hydrogen) atoms. The van der Waals surface area contributed by atoms with Crippen LogP contribution in [0.2, 0.25) is 0 Å². The molecule has 0 unspecified atom stereocenters. The average Bonchev–Trinajstić information content (AvgIpc) is 2.58. The van der Waals surface area contributed by atoms with Crippen molar-refractivity contribution in [2.45, 2.75) is 32.5 Å². The first-order valence-corrected chi connectivity index (χ1v) is 8.74. The smallest absolute Gasteiger partial charge is 0.417 e. The second-order valence-electron chi connectivity index (χ2n) is 7.48. The molecule has 0 N–H and O–H groups in total. The van der Waals surface area contributed by atoms with Crippen LogP contribution >= 0.6 is 0 Å². The number of hydrogen-bond acceptors (Lipinski definition) is 4. The first-order chi connectivity index (χ1) is 12.6. The summed E-state index contributed by atoms with van der Waals surface area (Å²) in [4.78, 5) is 19.9. The molecule has 146 valence electrons. The molecule has 2 aromatic rings. The lowest BCUT2D eigenvalue weighted by atomic mass is 10.1. The van der Waals surface area contributed by atoms with E-state index in [1.165, 1.54) is 24.4 Å². The summed E-state index contributed by atoms with van der Waals surface area (Å²) in [6, 6.07) is 5.49. The van der Waals surface area contributed by atoms with Gasteiger partial charge in [-0.05, 0) is 39.0 Å². The molecule has 0 atom stereocenters. The van der Waals surface area contributed by atoms with Crippen LogP contribution in [-0.4, -0.2) is 47.8 Å². The number of rotatable bonds is 1. The molecule has 0 saturated carbocycles. The van der Waals surface area contributed by atoms with Crippen LogP contribution in [0.1, 0.15) is 26.3 Å². The van der Waals surface area contributed by atoms with Crippen molar-refractivity contribution in [2.24, 2.45) is 0 Å². The Morgan fingerprint density at radius 1 is 1.07 bits per heavy atom. The highest BCUT2D eigenvalue weighted by Crippen LogP contribution is 2.37. The molecule has 8 heteroatoms. The van der Waals surface area contributed by atoms with Crippen LogP contribution in [0.4, 0.5) is 23.7 Å². The molecule has 1 aromatic heterocycles. The summed E-state index contributed by atoms with van der Waals surface area (Å²) in [5.41, 5.74) is -0.302. The number of carbonyl (C=O) groups is 1. The third-order valence-corrected chi connectivity index (χ3v) is 4.33. The van der Waals surface area contributed by atoms with Gasteiger partial charge in [0.25, 0.3) is 0 Å². The van der Waals surface area contributed by atoms with E-state index in [1.807, 2.05) is 4.90 Å². The summed E-state index contributed by atoms with van der Waals surface area (Å²) in [7, 11) is 0. The highest BCUT2D eigenvalue weighted by molar-refractivity contribution is 5.93. The molecule has 0 bridgehead atoms. The van der Waals surface area contributed by atoms with Crippen molar-refractivity contribution in [1.29, 1.82) is 0 Å². The SMILES string of the molecule is CC(C)(C)OC(=O)N1CCN(c2ccc(C(F)(F)F)c3cccnc23)CC1. The van der Waals surface area contributed by atoms with Gasteiger partial charge in [0.05, 0.1) is 16.8 Å². The van der Waals surface area contributed by atoms with E-state index >= 15 is 0 Å². The number of carbonyl (C=O) groups excluding carboxylic acids is 1. The van der Waals surface area contributed by atoms with E-state index < -0.39 is 17.3 Å². The molecule has 3 rings (SSSR count). The van der Waals surface area contributed by atoms with Crippen LogP contribution in [0.15, 0.2) is 30.5 Å². The maximum absolute atomic E-state index is 13.3. The second-order valence-corrected chi connectivity index (χ2v) is 7.48. The predicted octanol–water partition coefficient (Wildman–Crippen LogP) is 4.31. The number of alkyl halides is 3. The van der Waals surface area contributed by atoms with E-state index in [2.05, 4.69) is 4.98 Å². The van der Waals surface area contributed by atoms with Crippen molar-refractivity contribution >= 4 is 22.7 Å². The lowest BCUT2D eigenvalue weighted by molar-refractivity contribution is -0.136. The molecule has 1 saturated heterocycles. The Bertz CT molecular complexity index is 838. The number of ether oxygens (including phenoxy) is 1. The number of anilines is 1. The first kappa shape index (κ1) is 19.3. The normalized spacial score (nSPS) is 15.9. The van der Waals surface area contributed by atoms with Gasteiger partial charge in [-0.3, -0.25) is 4.98 Å². The van der Waals surface area contributed by atoms with Crippen molar-refractivity contribution in [2.75, 3.05) is 31.1 Å². The van der Waals surface area contributed by atoms with Crippen LogP contribution in [0, 0.1) is 0 Å². The number of hydrogen-bond donors (Lipinski definition) is 0. The number of piperazine rings is 1. The number of benzene rings is 1. The van der Waals surface area contributed by atoms with Crippen LogP contribution in [0.3, 0.4) is 0 Å². The number of aromatic nitrogens is 1. The topological polar surface area (TPSA) is 45.7 Å². The summed E-state index contributed by atoms with van der Waals surface area (Å²) in [6.45, 7) is 7.28. The Morgan fingerprint density at radius 2 is 1.74 bits per heavy atom. The molecule has 0 radical (unpaired) electrons. The van der Waals surface area contributed by atoms with Gasteiger partial charge in [0, 0.05) is 37.8 Å². The Kier molecular flexibility index (Phi) is 4.92. The van der Waals surface area contributed by atoms with E-state index in [4.69, 9.17) is 4.74 Å². The first-order valence-electron chi connectivity index (χ1n) is 8.74. The summed E-state index contributed by atoms with van der Waals surface area (Å²) in [6.07, 6.45) is -3.32. The maximum Gasteiger partial charge on any atom is 0.417 e. The molecule has 1 aliphatic heterocycles. The van der Waals surface area contributed by atoms with Crippen molar-refractivity contribution < 1.29 is 22.7 Å².